The highest BCUT2D eigenvalue weighted by molar-refractivity contribution is 5.82. The van der Waals surface area contributed by atoms with Crippen LogP contribution in [0.5, 0.6) is 0 Å². The van der Waals surface area contributed by atoms with Gasteiger partial charge < -0.3 is 15.2 Å². The molecule has 1 saturated heterocycles. The summed E-state index contributed by atoms with van der Waals surface area (Å²) in [5.74, 6) is -1.29. The minimum atomic E-state index is -1.02. The lowest BCUT2D eigenvalue weighted by atomic mass is 10.2. The highest BCUT2D eigenvalue weighted by Gasteiger charge is 2.34. The van der Waals surface area contributed by atoms with Crippen molar-refractivity contribution in [2.45, 2.75) is 38.5 Å². The molecule has 0 saturated carbocycles. The van der Waals surface area contributed by atoms with Crippen LogP contribution in [0, 0.1) is 6.92 Å². The van der Waals surface area contributed by atoms with Crippen molar-refractivity contribution in [3.05, 3.63) is 29.6 Å². The Morgan fingerprint density at radius 1 is 1.42 bits per heavy atom. The third-order valence-electron chi connectivity index (χ3n) is 3.03. The number of nitrogens with one attached hydrogen (secondary N) is 1. The topological polar surface area (TPSA) is 88.5 Å². The standard InChI is InChI=1S/C13H16N2O4/c1-8-2-3-9(6-14-8)7-15-12(16)10-4-5-11(19-10)13(17)18/h2-3,6,10-11H,4-5,7H2,1H3,(H,15,16)(H,17,18). The Labute approximate surface area is 110 Å². The van der Waals surface area contributed by atoms with Gasteiger partial charge in [0, 0.05) is 18.4 Å². The molecule has 2 N–H and O–H groups in total. The molecule has 1 aromatic rings. The first-order valence-corrected chi connectivity index (χ1v) is 6.14. The molecule has 2 unspecified atom stereocenters. The molecule has 0 spiro atoms. The fourth-order valence-corrected chi connectivity index (χ4v) is 1.92. The van der Waals surface area contributed by atoms with Crippen LogP contribution >= 0.6 is 0 Å². The van der Waals surface area contributed by atoms with E-state index in [2.05, 4.69) is 10.3 Å². The van der Waals surface area contributed by atoms with Gasteiger partial charge in [0.1, 0.15) is 6.10 Å². The highest BCUT2D eigenvalue weighted by atomic mass is 16.5. The van der Waals surface area contributed by atoms with Crippen molar-refractivity contribution in [2.75, 3.05) is 0 Å². The molecule has 1 aliphatic rings. The molecule has 1 aliphatic heterocycles. The van der Waals surface area contributed by atoms with E-state index in [-0.39, 0.29) is 5.91 Å². The molecule has 1 aromatic heterocycles. The second-order valence-corrected chi connectivity index (χ2v) is 4.55. The van der Waals surface area contributed by atoms with Crippen molar-refractivity contribution in [3.63, 3.8) is 0 Å². The van der Waals surface area contributed by atoms with Gasteiger partial charge in [0.2, 0.25) is 5.91 Å². The Hall–Kier alpha value is -1.95. The number of aryl methyl sites for hydroxylation is 1. The summed E-state index contributed by atoms with van der Waals surface area (Å²) in [6, 6.07) is 3.76. The summed E-state index contributed by atoms with van der Waals surface area (Å²) < 4.78 is 5.16. The third-order valence-corrected chi connectivity index (χ3v) is 3.03. The molecule has 0 aromatic carbocycles. The van der Waals surface area contributed by atoms with E-state index >= 15 is 0 Å². The average Bonchev–Trinajstić information content (AvgIpc) is 2.87. The largest absolute Gasteiger partial charge is 0.479 e. The van der Waals surface area contributed by atoms with Crippen LogP contribution in [0.2, 0.25) is 0 Å². The lowest BCUT2D eigenvalue weighted by Crippen LogP contribution is -2.35. The van der Waals surface area contributed by atoms with E-state index in [4.69, 9.17) is 9.84 Å². The number of pyridine rings is 1. The number of carboxylic acids is 1. The van der Waals surface area contributed by atoms with Crippen molar-refractivity contribution >= 4 is 11.9 Å². The van der Waals surface area contributed by atoms with Crippen LogP contribution < -0.4 is 5.32 Å². The highest BCUT2D eigenvalue weighted by Crippen LogP contribution is 2.20. The Morgan fingerprint density at radius 2 is 2.16 bits per heavy atom. The number of carbonyl (C=O) groups is 2. The summed E-state index contributed by atoms with van der Waals surface area (Å²) in [6.45, 7) is 2.25. The first kappa shape index (κ1) is 13.5. The van der Waals surface area contributed by atoms with Gasteiger partial charge in [0.15, 0.2) is 6.10 Å². The summed E-state index contributed by atoms with van der Waals surface area (Å²) in [5.41, 5.74) is 1.81. The Bertz CT molecular complexity index is 472. The minimum absolute atomic E-state index is 0.274. The number of nitrogens with zero attached hydrogens (tertiary/aromatic N) is 1. The molecule has 1 amide bonds. The molecule has 102 valence electrons. The van der Waals surface area contributed by atoms with Crippen molar-refractivity contribution < 1.29 is 19.4 Å². The van der Waals surface area contributed by atoms with Crippen LogP contribution in [0.3, 0.4) is 0 Å². The van der Waals surface area contributed by atoms with Gasteiger partial charge in [-0.1, -0.05) is 6.07 Å². The van der Waals surface area contributed by atoms with Crippen LogP contribution in [-0.2, 0) is 20.9 Å². The molecule has 1 fully saturated rings. The van der Waals surface area contributed by atoms with Crippen LogP contribution in [0.25, 0.3) is 0 Å². The summed E-state index contributed by atoms with van der Waals surface area (Å²) >= 11 is 0. The zero-order valence-electron chi connectivity index (χ0n) is 10.6. The number of aromatic nitrogens is 1. The molecule has 2 rings (SSSR count). The van der Waals surface area contributed by atoms with E-state index in [0.29, 0.717) is 19.4 Å². The van der Waals surface area contributed by atoms with Crippen LogP contribution in [0.15, 0.2) is 18.3 Å². The van der Waals surface area contributed by atoms with E-state index in [9.17, 15) is 9.59 Å². The fourth-order valence-electron chi connectivity index (χ4n) is 1.92. The maximum absolute atomic E-state index is 11.8. The summed E-state index contributed by atoms with van der Waals surface area (Å²) in [7, 11) is 0. The molecule has 0 bridgehead atoms. The molecule has 2 atom stereocenters. The average molecular weight is 264 g/mol. The summed E-state index contributed by atoms with van der Waals surface area (Å²) in [4.78, 5) is 26.6. The lowest BCUT2D eigenvalue weighted by molar-refractivity contribution is -0.151. The monoisotopic (exact) mass is 264 g/mol. The van der Waals surface area contributed by atoms with E-state index in [1.165, 1.54) is 0 Å². The molecule has 0 radical (unpaired) electrons. The smallest absolute Gasteiger partial charge is 0.332 e. The van der Waals surface area contributed by atoms with Crippen molar-refractivity contribution in [1.29, 1.82) is 0 Å². The van der Waals surface area contributed by atoms with Crippen LogP contribution in [0.1, 0.15) is 24.1 Å². The molecule has 0 aliphatic carbocycles. The van der Waals surface area contributed by atoms with Gasteiger partial charge >= 0.3 is 5.97 Å². The van der Waals surface area contributed by atoms with E-state index in [0.717, 1.165) is 11.3 Å². The zero-order chi connectivity index (χ0) is 13.8. The molecule has 6 nitrogen and oxygen atoms in total. The lowest BCUT2D eigenvalue weighted by Gasteiger charge is -2.11. The number of rotatable bonds is 4. The SMILES string of the molecule is Cc1ccc(CNC(=O)C2CCC(C(=O)O)O2)cn1. The van der Waals surface area contributed by atoms with Gasteiger partial charge in [0.05, 0.1) is 0 Å². The number of hydrogen-bond donors (Lipinski definition) is 2. The Morgan fingerprint density at radius 3 is 2.74 bits per heavy atom. The predicted molar refractivity (Wildman–Crippen MR) is 66.4 cm³/mol. The number of aliphatic carboxylic acids is 1. The second-order valence-electron chi connectivity index (χ2n) is 4.55. The summed E-state index contributed by atoms with van der Waals surface area (Å²) in [6.07, 6.45) is 0.982. The normalized spacial score (nSPS) is 22.2. The number of amides is 1. The molecule has 19 heavy (non-hydrogen) atoms. The maximum atomic E-state index is 11.8. The van der Waals surface area contributed by atoms with E-state index < -0.39 is 18.2 Å². The Kier molecular flexibility index (Phi) is 4.11. The number of carboxylic acid groups (broad SMARTS) is 1. The van der Waals surface area contributed by atoms with E-state index in [1.807, 2.05) is 19.1 Å². The third kappa shape index (κ3) is 3.51. The quantitative estimate of drug-likeness (QED) is 0.833. The fraction of sp³-hybridized carbons (Fsp3) is 0.462. The Balaban J connectivity index is 1.82. The van der Waals surface area contributed by atoms with Gasteiger partial charge in [0.25, 0.3) is 0 Å². The second kappa shape index (κ2) is 5.79. The van der Waals surface area contributed by atoms with Crippen molar-refractivity contribution in [2.24, 2.45) is 0 Å². The number of hydrogen-bond acceptors (Lipinski definition) is 4. The van der Waals surface area contributed by atoms with E-state index in [1.54, 1.807) is 6.20 Å². The van der Waals surface area contributed by atoms with Gasteiger partial charge in [-0.2, -0.15) is 0 Å². The van der Waals surface area contributed by atoms with Gasteiger partial charge in [-0.3, -0.25) is 9.78 Å². The van der Waals surface area contributed by atoms with Crippen molar-refractivity contribution in [1.82, 2.24) is 10.3 Å². The molecular weight excluding hydrogens is 248 g/mol. The molecule has 6 heteroatoms. The van der Waals surface area contributed by atoms with Crippen LogP contribution in [0.4, 0.5) is 0 Å². The number of ether oxygens (including phenoxy) is 1. The van der Waals surface area contributed by atoms with Crippen molar-refractivity contribution in [3.8, 4) is 0 Å². The summed E-state index contributed by atoms with van der Waals surface area (Å²) in [5, 5.41) is 11.5. The molecule has 2 heterocycles. The first-order chi connectivity index (χ1) is 9.06. The molecular formula is C13H16N2O4. The number of carbonyl (C=O) groups excluding carboxylic acids is 1. The maximum Gasteiger partial charge on any atom is 0.332 e. The predicted octanol–water partition coefficient (Wildman–Crippen LogP) is 0.638. The first-order valence-electron chi connectivity index (χ1n) is 6.14. The minimum Gasteiger partial charge on any atom is -0.479 e. The zero-order valence-corrected chi connectivity index (χ0v) is 10.6. The van der Waals surface area contributed by atoms with Gasteiger partial charge in [-0.05, 0) is 31.4 Å². The van der Waals surface area contributed by atoms with Gasteiger partial charge in [-0.25, -0.2) is 4.79 Å². The van der Waals surface area contributed by atoms with Gasteiger partial charge in [-0.15, -0.1) is 0 Å². The van der Waals surface area contributed by atoms with Crippen LogP contribution in [-0.4, -0.2) is 34.2 Å².